The Bertz CT molecular complexity index is 1520. The van der Waals surface area contributed by atoms with Gasteiger partial charge in [0.15, 0.2) is 0 Å². The molecule has 9 heteroatoms. The number of hydrogen-bond donors (Lipinski definition) is 1. The average molecular weight is 544 g/mol. The van der Waals surface area contributed by atoms with Crippen molar-refractivity contribution in [3.63, 3.8) is 0 Å². The molecule has 1 aliphatic carbocycles. The topological polar surface area (TPSA) is 85.3 Å². The molecule has 0 bridgehead atoms. The van der Waals surface area contributed by atoms with Gasteiger partial charge in [0.1, 0.15) is 24.2 Å². The zero-order valence-corrected chi connectivity index (χ0v) is 22.5. The fourth-order valence-corrected chi connectivity index (χ4v) is 5.60. The summed E-state index contributed by atoms with van der Waals surface area (Å²) in [5.74, 6) is 1.44. The number of ether oxygens (including phenoxy) is 2. The number of aromatic nitrogens is 4. The first kappa shape index (κ1) is 25.2. The summed E-state index contributed by atoms with van der Waals surface area (Å²) in [6.45, 7) is 3.91. The smallest absolute Gasteiger partial charge is 0.415 e. The third kappa shape index (κ3) is 5.43. The second-order valence-corrected chi connectivity index (χ2v) is 10.4. The summed E-state index contributed by atoms with van der Waals surface area (Å²) >= 11 is 6.34. The maximum Gasteiger partial charge on any atom is 0.415 e. The van der Waals surface area contributed by atoms with Crippen LogP contribution in [0.2, 0.25) is 5.02 Å². The molecule has 39 heavy (non-hydrogen) atoms. The van der Waals surface area contributed by atoms with Gasteiger partial charge >= 0.3 is 6.09 Å². The summed E-state index contributed by atoms with van der Waals surface area (Å²) in [6.07, 6.45) is 11.5. The van der Waals surface area contributed by atoms with Crippen LogP contribution in [-0.2, 0) is 17.7 Å². The SMILES string of the molecule is Cc1ccc(OC(=O)N2CCc3c([nH]c4ccc(Cl)cc34)C2C2C=CC(OCCCn3cncn3)=CC2)cc1. The van der Waals surface area contributed by atoms with Gasteiger partial charge < -0.3 is 14.5 Å². The Labute approximate surface area is 231 Å². The second kappa shape index (κ2) is 11.0. The quantitative estimate of drug-likeness (QED) is 0.273. The Hall–Kier alpha value is -4.04. The van der Waals surface area contributed by atoms with E-state index in [0.717, 1.165) is 53.7 Å². The maximum atomic E-state index is 13.5. The lowest BCUT2D eigenvalue weighted by Gasteiger charge is -2.39. The van der Waals surface area contributed by atoms with E-state index < -0.39 is 0 Å². The number of rotatable bonds is 7. The highest BCUT2D eigenvalue weighted by Gasteiger charge is 2.39. The van der Waals surface area contributed by atoms with E-state index in [1.54, 1.807) is 11.0 Å². The molecule has 1 amide bonds. The normalized spacial score (nSPS) is 18.6. The van der Waals surface area contributed by atoms with Gasteiger partial charge in [-0.15, -0.1) is 0 Å². The Balaban J connectivity index is 1.21. The molecular formula is C30H30ClN5O3. The molecule has 200 valence electrons. The first-order valence-electron chi connectivity index (χ1n) is 13.2. The van der Waals surface area contributed by atoms with Crippen LogP contribution in [0.15, 0.2) is 79.1 Å². The molecule has 0 saturated heterocycles. The highest BCUT2D eigenvalue weighted by atomic mass is 35.5. The summed E-state index contributed by atoms with van der Waals surface area (Å²) < 4.78 is 13.6. The summed E-state index contributed by atoms with van der Waals surface area (Å²) in [6, 6.07) is 13.2. The van der Waals surface area contributed by atoms with Crippen molar-refractivity contribution >= 4 is 28.6 Å². The molecule has 2 aromatic carbocycles. The number of H-pyrrole nitrogens is 1. The zero-order chi connectivity index (χ0) is 26.8. The summed E-state index contributed by atoms with van der Waals surface area (Å²) in [4.78, 5) is 22.9. The van der Waals surface area contributed by atoms with Crippen molar-refractivity contribution < 1.29 is 14.3 Å². The predicted molar refractivity (Wildman–Crippen MR) is 150 cm³/mol. The van der Waals surface area contributed by atoms with Crippen LogP contribution in [0.5, 0.6) is 5.75 Å². The second-order valence-electron chi connectivity index (χ2n) is 10.0. The number of nitrogens with zero attached hydrogens (tertiary/aromatic N) is 4. The lowest BCUT2D eigenvalue weighted by atomic mass is 9.84. The molecule has 1 aliphatic heterocycles. The van der Waals surface area contributed by atoms with Gasteiger partial charge in [-0.05, 0) is 67.8 Å². The molecule has 6 rings (SSSR count). The maximum absolute atomic E-state index is 13.5. The molecule has 0 radical (unpaired) electrons. The van der Waals surface area contributed by atoms with E-state index in [-0.39, 0.29) is 18.1 Å². The largest absolute Gasteiger partial charge is 0.494 e. The molecule has 8 nitrogen and oxygen atoms in total. The lowest BCUT2D eigenvalue weighted by molar-refractivity contribution is 0.110. The van der Waals surface area contributed by atoms with Crippen LogP contribution in [0.3, 0.4) is 0 Å². The van der Waals surface area contributed by atoms with E-state index in [2.05, 4.69) is 27.2 Å². The number of hydrogen-bond acceptors (Lipinski definition) is 5. The van der Waals surface area contributed by atoms with Crippen molar-refractivity contribution in [1.82, 2.24) is 24.6 Å². The Morgan fingerprint density at radius 3 is 2.85 bits per heavy atom. The Kier molecular flexibility index (Phi) is 7.11. The third-order valence-corrected chi connectivity index (χ3v) is 7.60. The van der Waals surface area contributed by atoms with E-state index in [1.165, 1.54) is 11.9 Å². The zero-order valence-electron chi connectivity index (χ0n) is 21.7. The van der Waals surface area contributed by atoms with E-state index in [4.69, 9.17) is 21.1 Å². The molecule has 0 saturated carbocycles. The Morgan fingerprint density at radius 2 is 2.08 bits per heavy atom. The van der Waals surface area contributed by atoms with Crippen LogP contribution in [-0.4, -0.2) is 43.9 Å². The van der Waals surface area contributed by atoms with Crippen LogP contribution in [0.25, 0.3) is 10.9 Å². The van der Waals surface area contributed by atoms with Gasteiger partial charge in [0, 0.05) is 47.0 Å². The van der Waals surface area contributed by atoms with Crippen molar-refractivity contribution in [2.75, 3.05) is 13.2 Å². The summed E-state index contributed by atoms with van der Waals surface area (Å²) in [5.41, 5.74) is 4.39. The van der Waals surface area contributed by atoms with Gasteiger partial charge in [-0.25, -0.2) is 9.78 Å². The van der Waals surface area contributed by atoms with E-state index >= 15 is 0 Å². The van der Waals surface area contributed by atoms with Crippen LogP contribution in [0.4, 0.5) is 4.79 Å². The molecule has 2 aliphatic rings. The minimum atomic E-state index is -0.348. The highest BCUT2D eigenvalue weighted by Crippen LogP contribution is 2.42. The van der Waals surface area contributed by atoms with Gasteiger partial charge in [0.05, 0.1) is 12.6 Å². The molecule has 0 fully saturated rings. The minimum Gasteiger partial charge on any atom is -0.494 e. The monoisotopic (exact) mass is 543 g/mol. The summed E-state index contributed by atoms with van der Waals surface area (Å²) in [5, 5.41) is 5.94. The predicted octanol–water partition coefficient (Wildman–Crippen LogP) is 6.39. The van der Waals surface area contributed by atoms with Crippen molar-refractivity contribution in [3.8, 4) is 5.75 Å². The fraction of sp³-hybridized carbons (Fsp3) is 0.300. The van der Waals surface area contributed by atoms with Gasteiger partial charge in [-0.1, -0.05) is 35.4 Å². The van der Waals surface area contributed by atoms with Crippen molar-refractivity contribution in [1.29, 1.82) is 0 Å². The van der Waals surface area contributed by atoms with Gasteiger partial charge in [-0.3, -0.25) is 9.58 Å². The number of nitrogens with one attached hydrogen (secondary N) is 1. The average Bonchev–Trinajstić information content (AvgIpc) is 3.60. The number of aryl methyl sites for hydroxylation is 2. The van der Waals surface area contributed by atoms with Crippen LogP contribution >= 0.6 is 11.6 Å². The summed E-state index contributed by atoms with van der Waals surface area (Å²) in [7, 11) is 0. The van der Waals surface area contributed by atoms with Crippen molar-refractivity contribution in [2.24, 2.45) is 5.92 Å². The molecule has 1 N–H and O–H groups in total. The first-order chi connectivity index (χ1) is 19.0. The number of halogens is 1. The molecule has 4 aromatic rings. The van der Waals surface area contributed by atoms with Crippen molar-refractivity contribution in [3.05, 3.63) is 101 Å². The molecular weight excluding hydrogens is 514 g/mol. The van der Waals surface area contributed by atoms with Gasteiger partial charge in [-0.2, -0.15) is 5.10 Å². The third-order valence-electron chi connectivity index (χ3n) is 7.37. The van der Waals surface area contributed by atoms with E-state index in [1.807, 2.05) is 60.4 Å². The van der Waals surface area contributed by atoms with Crippen LogP contribution in [0.1, 0.15) is 35.7 Å². The van der Waals surface area contributed by atoms with Crippen LogP contribution in [0, 0.1) is 12.8 Å². The number of carbonyl (C=O) groups excluding carboxylic acids is 1. The molecule has 2 aromatic heterocycles. The molecule has 2 atom stereocenters. The first-order valence-corrected chi connectivity index (χ1v) is 13.6. The van der Waals surface area contributed by atoms with Crippen LogP contribution < -0.4 is 4.74 Å². The standard InChI is InChI=1S/C30H30ClN5O3/c1-20-3-8-24(9-4-20)39-30(37)36-15-13-25-26-17-22(31)7-12-27(26)34-28(25)29(36)21-5-10-23(11-6-21)38-16-2-14-35-19-32-18-33-35/h3-5,7-12,17-19,21,29,34H,2,6,13-16H2,1H3. The number of fused-ring (bicyclic) bond motifs is 3. The molecule has 2 unspecified atom stereocenters. The van der Waals surface area contributed by atoms with E-state index in [9.17, 15) is 4.79 Å². The van der Waals surface area contributed by atoms with E-state index in [0.29, 0.717) is 23.9 Å². The number of benzene rings is 2. The molecule has 3 heterocycles. The molecule has 0 spiro atoms. The minimum absolute atomic E-state index is 0.0562. The fourth-order valence-electron chi connectivity index (χ4n) is 5.43. The van der Waals surface area contributed by atoms with Gasteiger partial charge in [0.2, 0.25) is 0 Å². The highest BCUT2D eigenvalue weighted by molar-refractivity contribution is 6.31. The number of carbonyl (C=O) groups is 1. The number of allylic oxidation sites excluding steroid dienone is 2. The number of amides is 1. The number of aromatic amines is 1. The lowest BCUT2D eigenvalue weighted by Crippen LogP contribution is -2.44. The van der Waals surface area contributed by atoms with Gasteiger partial charge in [0.25, 0.3) is 0 Å². The van der Waals surface area contributed by atoms with Crippen molar-refractivity contribution in [2.45, 2.75) is 38.8 Å². The Morgan fingerprint density at radius 1 is 1.21 bits per heavy atom.